The van der Waals surface area contributed by atoms with E-state index in [2.05, 4.69) is 19.2 Å². The standard InChI is InChI=1S/C10H20N2O2/c1-7(2)8(6-14-3)12-9(13)10(11)4-5-10/h7-8H,4-6,11H2,1-3H3,(H,12,13). The van der Waals surface area contributed by atoms with E-state index in [-0.39, 0.29) is 11.9 Å². The lowest BCUT2D eigenvalue weighted by atomic mass is 10.0. The molecule has 0 bridgehead atoms. The van der Waals surface area contributed by atoms with E-state index in [1.165, 1.54) is 0 Å². The number of hydrogen-bond donors (Lipinski definition) is 2. The van der Waals surface area contributed by atoms with Crippen LogP contribution in [0.5, 0.6) is 0 Å². The van der Waals surface area contributed by atoms with Gasteiger partial charge in [0.2, 0.25) is 5.91 Å². The van der Waals surface area contributed by atoms with E-state index in [1.54, 1.807) is 7.11 Å². The molecule has 0 aromatic carbocycles. The van der Waals surface area contributed by atoms with Crippen LogP contribution in [0, 0.1) is 5.92 Å². The molecule has 0 aromatic heterocycles. The summed E-state index contributed by atoms with van der Waals surface area (Å²) in [6, 6.07) is 0.0634. The molecule has 1 aliphatic rings. The first kappa shape index (κ1) is 11.5. The summed E-state index contributed by atoms with van der Waals surface area (Å²) in [6.45, 7) is 4.65. The van der Waals surface area contributed by atoms with Gasteiger partial charge in [-0.2, -0.15) is 0 Å². The van der Waals surface area contributed by atoms with Gasteiger partial charge in [0, 0.05) is 7.11 Å². The van der Waals surface area contributed by atoms with Crippen molar-refractivity contribution in [3.05, 3.63) is 0 Å². The van der Waals surface area contributed by atoms with Crippen LogP contribution < -0.4 is 11.1 Å². The van der Waals surface area contributed by atoms with Gasteiger partial charge in [0.1, 0.15) is 0 Å². The largest absolute Gasteiger partial charge is 0.383 e. The number of carbonyl (C=O) groups is 1. The summed E-state index contributed by atoms with van der Waals surface area (Å²) in [6.07, 6.45) is 1.60. The SMILES string of the molecule is COCC(NC(=O)C1(N)CC1)C(C)C. The molecule has 0 saturated heterocycles. The topological polar surface area (TPSA) is 64.3 Å². The Bertz CT molecular complexity index is 212. The molecule has 1 unspecified atom stereocenters. The third-order valence-electron chi connectivity index (χ3n) is 2.71. The zero-order valence-electron chi connectivity index (χ0n) is 9.17. The van der Waals surface area contributed by atoms with Gasteiger partial charge in [-0.25, -0.2) is 0 Å². The molecule has 0 spiro atoms. The molecule has 0 aliphatic heterocycles. The Morgan fingerprint density at radius 3 is 2.50 bits per heavy atom. The molecule has 1 rings (SSSR count). The predicted molar refractivity (Wildman–Crippen MR) is 54.8 cm³/mol. The maximum Gasteiger partial charge on any atom is 0.240 e. The monoisotopic (exact) mass is 200 g/mol. The van der Waals surface area contributed by atoms with E-state index in [9.17, 15) is 4.79 Å². The molecule has 1 aliphatic carbocycles. The van der Waals surface area contributed by atoms with Crippen LogP contribution >= 0.6 is 0 Å². The molecule has 1 fully saturated rings. The second kappa shape index (κ2) is 4.28. The highest BCUT2D eigenvalue weighted by molar-refractivity contribution is 5.89. The minimum Gasteiger partial charge on any atom is -0.383 e. The van der Waals surface area contributed by atoms with Crippen LogP contribution in [0.2, 0.25) is 0 Å². The highest BCUT2D eigenvalue weighted by Crippen LogP contribution is 2.32. The van der Waals surface area contributed by atoms with Crippen molar-refractivity contribution < 1.29 is 9.53 Å². The highest BCUT2D eigenvalue weighted by Gasteiger charge is 2.46. The van der Waals surface area contributed by atoms with Crippen LogP contribution in [-0.2, 0) is 9.53 Å². The van der Waals surface area contributed by atoms with Gasteiger partial charge in [0.15, 0.2) is 0 Å². The van der Waals surface area contributed by atoms with Gasteiger partial charge in [-0.15, -0.1) is 0 Å². The fraction of sp³-hybridized carbons (Fsp3) is 0.900. The van der Waals surface area contributed by atoms with Gasteiger partial charge in [-0.3, -0.25) is 4.79 Å². The number of carbonyl (C=O) groups excluding carboxylic acids is 1. The van der Waals surface area contributed by atoms with Crippen LogP contribution in [0.1, 0.15) is 26.7 Å². The zero-order chi connectivity index (χ0) is 10.8. The molecule has 0 radical (unpaired) electrons. The Labute approximate surface area is 85.2 Å². The van der Waals surface area contributed by atoms with Gasteiger partial charge in [-0.05, 0) is 18.8 Å². The number of methoxy groups -OCH3 is 1. The van der Waals surface area contributed by atoms with Gasteiger partial charge in [-0.1, -0.05) is 13.8 Å². The minimum absolute atomic E-state index is 0.0340. The summed E-state index contributed by atoms with van der Waals surface area (Å²) < 4.78 is 5.04. The van der Waals surface area contributed by atoms with Crippen LogP contribution in [0.4, 0.5) is 0 Å². The zero-order valence-corrected chi connectivity index (χ0v) is 9.17. The van der Waals surface area contributed by atoms with E-state index in [0.29, 0.717) is 12.5 Å². The van der Waals surface area contributed by atoms with Crippen molar-refractivity contribution in [3.8, 4) is 0 Å². The number of nitrogens with two attached hydrogens (primary N) is 1. The number of rotatable bonds is 5. The molecule has 14 heavy (non-hydrogen) atoms. The van der Waals surface area contributed by atoms with Crippen molar-refractivity contribution in [2.24, 2.45) is 11.7 Å². The molecule has 82 valence electrons. The molecule has 0 aromatic rings. The molecule has 3 N–H and O–H groups in total. The highest BCUT2D eigenvalue weighted by atomic mass is 16.5. The lowest BCUT2D eigenvalue weighted by molar-refractivity contribution is -0.124. The van der Waals surface area contributed by atoms with E-state index in [4.69, 9.17) is 10.5 Å². The lowest BCUT2D eigenvalue weighted by Gasteiger charge is -2.23. The van der Waals surface area contributed by atoms with Crippen molar-refractivity contribution >= 4 is 5.91 Å². The lowest BCUT2D eigenvalue weighted by Crippen LogP contribution is -2.50. The number of nitrogens with one attached hydrogen (secondary N) is 1. The van der Waals surface area contributed by atoms with Gasteiger partial charge < -0.3 is 15.8 Å². The van der Waals surface area contributed by atoms with E-state index >= 15 is 0 Å². The molecule has 1 amide bonds. The van der Waals surface area contributed by atoms with Crippen molar-refractivity contribution in [2.75, 3.05) is 13.7 Å². The fourth-order valence-electron chi connectivity index (χ4n) is 1.25. The van der Waals surface area contributed by atoms with Gasteiger partial charge in [0.25, 0.3) is 0 Å². The third-order valence-corrected chi connectivity index (χ3v) is 2.71. The summed E-state index contributed by atoms with van der Waals surface area (Å²) in [5.41, 5.74) is 5.20. The maximum atomic E-state index is 11.6. The Morgan fingerprint density at radius 2 is 2.14 bits per heavy atom. The molecule has 4 nitrogen and oxygen atoms in total. The molecular weight excluding hydrogens is 180 g/mol. The van der Waals surface area contributed by atoms with E-state index < -0.39 is 5.54 Å². The molecular formula is C10H20N2O2. The average molecular weight is 200 g/mol. The number of hydrogen-bond acceptors (Lipinski definition) is 3. The summed E-state index contributed by atoms with van der Waals surface area (Å²) in [4.78, 5) is 11.6. The van der Waals surface area contributed by atoms with Crippen LogP contribution in [0.3, 0.4) is 0 Å². The minimum atomic E-state index is -0.582. The Kier molecular flexibility index (Phi) is 3.50. The quantitative estimate of drug-likeness (QED) is 0.669. The average Bonchev–Trinajstić information content (AvgIpc) is 2.84. The number of amides is 1. The van der Waals surface area contributed by atoms with Crippen molar-refractivity contribution in [1.82, 2.24) is 5.32 Å². The van der Waals surface area contributed by atoms with Gasteiger partial charge >= 0.3 is 0 Å². The Morgan fingerprint density at radius 1 is 1.57 bits per heavy atom. The smallest absolute Gasteiger partial charge is 0.240 e. The fourth-order valence-corrected chi connectivity index (χ4v) is 1.25. The van der Waals surface area contributed by atoms with Crippen LogP contribution in [0.15, 0.2) is 0 Å². The van der Waals surface area contributed by atoms with Crippen LogP contribution in [0.25, 0.3) is 0 Å². The second-order valence-electron chi connectivity index (χ2n) is 4.44. The maximum absolute atomic E-state index is 11.6. The van der Waals surface area contributed by atoms with Crippen molar-refractivity contribution in [3.63, 3.8) is 0 Å². The van der Waals surface area contributed by atoms with Crippen molar-refractivity contribution in [1.29, 1.82) is 0 Å². The van der Waals surface area contributed by atoms with Gasteiger partial charge in [0.05, 0.1) is 18.2 Å². The summed E-state index contributed by atoms with van der Waals surface area (Å²) in [5.74, 6) is 0.328. The van der Waals surface area contributed by atoms with E-state index in [0.717, 1.165) is 12.8 Å². The molecule has 4 heteroatoms. The van der Waals surface area contributed by atoms with E-state index in [1.807, 2.05) is 0 Å². The second-order valence-corrected chi connectivity index (χ2v) is 4.44. The molecule has 0 heterocycles. The molecule has 1 atom stereocenters. The first-order chi connectivity index (χ1) is 6.49. The van der Waals surface area contributed by atoms with Crippen LogP contribution in [-0.4, -0.2) is 31.2 Å². The third kappa shape index (κ3) is 2.69. The van der Waals surface area contributed by atoms with Crippen molar-refractivity contribution in [2.45, 2.75) is 38.3 Å². The Balaban J connectivity index is 2.42. The number of ether oxygens (including phenoxy) is 1. The predicted octanol–water partition coefficient (Wildman–Crippen LogP) is 0.265. The first-order valence-corrected chi connectivity index (χ1v) is 5.08. The normalized spacial score (nSPS) is 20.6. The Hall–Kier alpha value is -0.610. The summed E-state index contributed by atoms with van der Waals surface area (Å²) in [5, 5.41) is 2.93. The first-order valence-electron chi connectivity index (χ1n) is 5.08. The molecule has 1 saturated carbocycles. The summed E-state index contributed by atoms with van der Waals surface area (Å²) in [7, 11) is 1.64. The summed E-state index contributed by atoms with van der Waals surface area (Å²) >= 11 is 0.